The molecule has 280 valence electrons. The Morgan fingerprint density at radius 2 is 1.55 bits per heavy atom. The van der Waals surface area contributed by atoms with Gasteiger partial charge in [0.1, 0.15) is 0 Å². The van der Waals surface area contributed by atoms with Crippen LogP contribution in [0.5, 0.6) is 0 Å². The van der Waals surface area contributed by atoms with Gasteiger partial charge in [0, 0.05) is 83.0 Å². The lowest BCUT2D eigenvalue weighted by Gasteiger charge is -2.44. The number of benzene rings is 3. The van der Waals surface area contributed by atoms with E-state index < -0.39 is 6.29 Å². The van der Waals surface area contributed by atoms with Crippen molar-refractivity contribution in [1.29, 1.82) is 0 Å². The molecule has 0 aliphatic carbocycles. The number of unbranched alkanes of at least 4 members (excludes halogenated alkanes) is 2. The molecule has 11 heteroatoms. The van der Waals surface area contributed by atoms with Gasteiger partial charge in [-0.15, -0.1) is 0 Å². The minimum absolute atomic E-state index is 0.000306. The van der Waals surface area contributed by atoms with Gasteiger partial charge >= 0.3 is 0 Å². The lowest BCUT2D eigenvalue weighted by Crippen LogP contribution is -2.51. The first kappa shape index (κ1) is 38.1. The van der Waals surface area contributed by atoms with Crippen LogP contribution in [0.3, 0.4) is 0 Å². The number of ether oxygens (including phenoxy) is 2. The Bertz CT molecular complexity index is 1750. The Morgan fingerprint density at radius 1 is 0.830 bits per heavy atom. The maximum Gasteiger partial charge on any atom is 0.225 e. The number of piperazine rings is 1. The Morgan fingerprint density at radius 3 is 2.26 bits per heavy atom. The van der Waals surface area contributed by atoms with Crippen molar-refractivity contribution in [2.45, 2.75) is 71.2 Å². The van der Waals surface area contributed by atoms with Crippen molar-refractivity contribution in [2.75, 3.05) is 44.2 Å². The summed E-state index contributed by atoms with van der Waals surface area (Å²) in [5.41, 5.74) is 6.04. The van der Waals surface area contributed by atoms with Gasteiger partial charge in [-0.2, -0.15) is 0 Å². The highest BCUT2D eigenvalue weighted by Crippen LogP contribution is 2.42. The summed E-state index contributed by atoms with van der Waals surface area (Å²) in [6.07, 6.45) is 5.76. The molecule has 6 rings (SSSR count). The largest absolute Gasteiger partial charge is 0.392 e. The number of aliphatic hydroxyl groups excluding tert-OH is 1. The molecule has 1 aromatic heterocycles. The van der Waals surface area contributed by atoms with Gasteiger partial charge in [0.25, 0.3) is 0 Å². The van der Waals surface area contributed by atoms with E-state index >= 15 is 0 Å². The first-order valence-corrected chi connectivity index (χ1v) is 18.8. The van der Waals surface area contributed by atoms with Crippen molar-refractivity contribution in [3.8, 4) is 11.1 Å². The fourth-order valence-corrected chi connectivity index (χ4v) is 7.08. The predicted molar refractivity (Wildman–Crippen MR) is 205 cm³/mol. The predicted octanol–water partition coefficient (Wildman–Crippen LogP) is 5.56. The number of amides is 2. The molecule has 3 heterocycles. The number of nitrogens with zero attached hydrogens (tertiary/aromatic N) is 4. The molecule has 0 saturated carbocycles. The number of nitrogens with one attached hydrogen (secondary N) is 2. The van der Waals surface area contributed by atoms with Gasteiger partial charge in [-0.1, -0.05) is 86.1 Å². The Balaban J connectivity index is 1.11. The zero-order valence-corrected chi connectivity index (χ0v) is 30.8. The van der Waals surface area contributed by atoms with Gasteiger partial charge in [0.15, 0.2) is 6.29 Å². The highest BCUT2D eigenvalue weighted by Gasteiger charge is 2.39. The molecule has 3 aromatic carbocycles. The lowest BCUT2D eigenvalue weighted by atomic mass is 9.89. The van der Waals surface area contributed by atoms with E-state index in [1.807, 2.05) is 30.3 Å². The second kappa shape index (κ2) is 18.9. The zero-order valence-electron chi connectivity index (χ0n) is 30.8. The van der Waals surface area contributed by atoms with E-state index in [2.05, 4.69) is 85.9 Å². The van der Waals surface area contributed by atoms with Gasteiger partial charge < -0.3 is 30.1 Å². The summed E-state index contributed by atoms with van der Waals surface area (Å²) in [7, 11) is 0. The minimum atomic E-state index is -0.556. The number of aliphatic hydroxyl groups is 1. The summed E-state index contributed by atoms with van der Waals surface area (Å²) >= 11 is 0. The van der Waals surface area contributed by atoms with E-state index in [9.17, 15) is 14.7 Å². The Kier molecular flexibility index (Phi) is 13.6. The maximum atomic E-state index is 12.6. The van der Waals surface area contributed by atoms with Crippen molar-refractivity contribution in [1.82, 2.24) is 25.5 Å². The maximum absolute atomic E-state index is 12.6. The highest BCUT2D eigenvalue weighted by molar-refractivity contribution is 5.76. The zero-order chi connectivity index (χ0) is 37.0. The van der Waals surface area contributed by atoms with Gasteiger partial charge in [0.05, 0.1) is 18.8 Å². The third-order valence-electron chi connectivity index (χ3n) is 10.2. The summed E-state index contributed by atoms with van der Waals surface area (Å²) in [6, 6.07) is 26.4. The van der Waals surface area contributed by atoms with Crippen LogP contribution in [0.1, 0.15) is 74.2 Å². The molecule has 2 aliphatic heterocycles. The third-order valence-corrected chi connectivity index (χ3v) is 10.2. The summed E-state index contributed by atoms with van der Waals surface area (Å²) in [5, 5.41) is 15.5. The summed E-state index contributed by atoms with van der Waals surface area (Å²) in [6.45, 7) is 9.07. The minimum Gasteiger partial charge on any atom is -0.392 e. The molecule has 0 radical (unpaired) electrons. The standard InChI is InChI=1S/C42H52N6O5/c1-30-38(28-47-23-25-48(26-24-47)42-44-21-8-22-45-42)52-41(53-40(30)34-14-12-32(29-49)13-15-34)35-18-16-33(17-19-35)37-10-6-5-9-36(37)27-46-39(51)11-4-3-7-20-43-31(2)50/h5-6,8-10,12-19,21-22,30,38,40-41,49H,3-4,7,11,20,23-29H2,1-2H3,(H,43,50)(H,46,51)/t30-,38+,40+,41+/m1/s1. The fraction of sp³-hybridized carbons (Fsp3) is 0.429. The van der Waals surface area contributed by atoms with E-state index in [1.165, 1.54) is 6.92 Å². The molecule has 0 bridgehead atoms. The molecule has 0 unspecified atom stereocenters. The average molecular weight is 721 g/mol. The molecule has 2 fully saturated rings. The molecule has 4 aromatic rings. The number of rotatable bonds is 15. The van der Waals surface area contributed by atoms with Crippen LogP contribution < -0.4 is 15.5 Å². The van der Waals surface area contributed by atoms with Gasteiger partial charge in [0.2, 0.25) is 17.8 Å². The van der Waals surface area contributed by atoms with Crippen molar-refractivity contribution in [2.24, 2.45) is 5.92 Å². The van der Waals surface area contributed by atoms with Crippen LogP contribution in [0.15, 0.2) is 91.3 Å². The third kappa shape index (κ3) is 10.5. The molecular weight excluding hydrogens is 668 g/mol. The Hall–Kier alpha value is -4.68. The quantitative estimate of drug-likeness (QED) is 0.135. The molecule has 2 saturated heterocycles. The van der Waals surface area contributed by atoms with E-state index in [1.54, 1.807) is 12.4 Å². The first-order chi connectivity index (χ1) is 25.9. The molecule has 0 spiro atoms. The smallest absolute Gasteiger partial charge is 0.225 e. The topological polar surface area (TPSA) is 129 Å². The van der Waals surface area contributed by atoms with E-state index in [4.69, 9.17) is 9.47 Å². The number of aromatic nitrogens is 2. The number of hydrogen-bond acceptors (Lipinski definition) is 9. The highest BCUT2D eigenvalue weighted by atomic mass is 16.7. The van der Waals surface area contributed by atoms with Crippen LogP contribution >= 0.6 is 0 Å². The van der Waals surface area contributed by atoms with Crippen LogP contribution in [-0.2, 0) is 32.2 Å². The summed E-state index contributed by atoms with van der Waals surface area (Å²) in [4.78, 5) is 37.2. The second-order valence-corrected chi connectivity index (χ2v) is 14.0. The van der Waals surface area contributed by atoms with Crippen molar-refractivity contribution < 1.29 is 24.2 Å². The number of carbonyl (C=O) groups is 2. The molecule has 3 N–H and O–H groups in total. The van der Waals surface area contributed by atoms with Gasteiger partial charge in [-0.25, -0.2) is 9.97 Å². The number of carbonyl (C=O) groups excluding carboxylic acids is 2. The van der Waals surface area contributed by atoms with Crippen LogP contribution in [0.2, 0.25) is 0 Å². The second-order valence-electron chi connectivity index (χ2n) is 14.0. The summed E-state index contributed by atoms with van der Waals surface area (Å²) in [5.74, 6) is 0.860. The molecule has 11 nitrogen and oxygen atoms in total. The SMILES string of the molecule is CC(=O)NCCCCCC(=O)NCc1ccccc1-c1ccc([C@H]2O[C@@H](CN3CCN(c4ncccn4)CC3)[C@@H](C)[C@@H](c3ccc(CO)cc3)O2)cc1. The monoisotopic (exact) mass is 720 g/mol. The fourth-order valence-electron chi connectivity index (χ4n) is 7.08. The Labute approximate surface area is 312 Å². The molecule has 2 amide bonds. The number of hydrogen-bond donors (Lipinski definition) is 3. The van der Waals surface area contributed by atoms with Crippen LogP contribution in [0.4, 0.5) is 5.95 Å². The normalized spacial score (nSPS) is 20.5. The van der Waals surface area contributed by atoms with Crippen LogP contribution in [0.25, 0.3) is 11.1 Å². The molecular formula is C42H52N6O5. The first-order valence-electron chi connectivity index (χ1n) is 18.8. The van der Waals surface area contributed by atoms with Crippen LogP contribution in [0, 0.1) is 5.92 Å². The van der Waals surface area contributed by atoms with Crippen molar-refractivity contribution in [3.63, 3.8) is 0 Å². The van der Waals surface area contributed by atoms with Crippen LogP contribution in [-0.4, -0.2) is 77.2 Å². The van der Waals surface area contributed by atoms with E-state index in [0.29, 0.717) is 19.5 Å². The van der Waals surface area contributed by atoms with E-state index in [0.717, 1.165) is 91.3 Å². The van der Waals surface area contributed by atoms with Gasteiger partial charge in [-0.05, 0) is 46.7 Å². The molecule has 2 aliphatic rings. The van der Waals surface area contributed by atoms with E-state index in [-0.39, 0.29) is 36.5 Å². The molecule has 53 heavy (non-hydrogen) atoms. The van der Waals surface area contributed by atoms with Crippen molar-refractivity contribution in [3.05, 3.63) is 114 Å². The van der Waals surface area contributed by atoms with Gasteiger partial charge in [-0.3, -0.25) is 14.5 Å². The van der Waals surface area contributed by atoms with Crippen molar-refractivity contribution >= 4 is 17.8 Å². The lowest BCUT2D eigenvalue weighted by molar-refractivity contribution is -0.276. The number of anilines is 1. The molecule has 4 atom stereocenters. The summed E-state index contributed by atoms with van der Waals surface area (Å²) < 4.78 is 13.5. The average Bonchev–Trinajstić information content (AvgIpc) is 3.20.